The number of nitrogens with two attached hydrogens (primary N) is 1. The predicted molar refractivity (Wildman–Crippen MR) is 66.6 cm³/mol. The minimum Gasteiger partial charge on any atom is -0.344 e. The van der Waals surface area contributed by atoms with Crippen molar-refractivity contribution in [3.63, 3.8) is 0 Å². The van der Waals surface area contributed by atoms with Gasteiger partial charge in [0.05, 0.1) is 0 Å². The maximum absolute atomic E-state index is 6.49. The maximum Gasteiger partial charge on any atom is 0.0167 e. The van der Waals surface area contributed by atoms with Crippen molar-refractivity contribution < 1.29 is 0 Å². The molecule has 0 radical (unpaired) electrons. The molecule has 3 heteroatoms. The average Bonchev–Trinajstić information content (AvgIpc) is 1.71. The summed E-state index contributed by atoms with van der Waals surface area (Å²) in [6, 6.07) is 0. The van der Waals surface area contributed by atoms with Gasteiger partial charge in [0.15, 0.2) is 0 Å². The van der Waals surface area contributed by atoms with E-state index >= 15 is 0 Å². The van der Waals surface area contributed by atoms with Crippen LogP contribution >= 0.6 is 12.4 Å². The molecule has 15 heavy (non-hydrogen) atoms. The highest BCUT2D eigenvalue weighted by Crippen LogP contribution is 2.65. The lowest BCUT2D eigenvalue weighted by molar-refractivity contribution is -0.104. The van der Waals surface area contributed by atoms with E-state index in [4.69, 9.17) is 5.73 Å². The summed E-state index contributed by atoms with van der Waals surface area (Å²) < 4.78 is 0. The fourth-order valence-corrected chi connectivity index (χ4v) is 5.54. The first-order valence-corrected chi connectivity index (χ1v) is 5.70. The van der Waals surface area contributed by atoms with Crippen molar-refractivity contribution >= 4 is 12.4 Å². The molecule has 90 valence electrons. The van der Waals surface area contributed by atoms with Crippen LogP contribution in [0.15, 0.2) is 0 Å². The minimum absolute atomic E-state index is 0. The molecule has 4 rings (SSSR count). The van der Waals surface area contributed by atoms with Crippen molar-refractivity contribution in [2.24, 2.45) is 22.5 Å². The van der Waals surface area contributed by atoms with Crippen LogP contribution in [0.1, 0.15) is 52.4 Å². The molecule has 4 aliphatic carbocycles. The van der Waals surface area contributed by atoms with Crippen molar-refractivity contribution in [1.82, 2.24) is 6.15 Å². The van der Waals surface area contributed by atoms with Crippen LogP contribution in [-0.4, -0.2) is 5.54 Å². The SMILES string of the molecule is CC12CC3CC(C)(C1)CC(N)(C3)C2.Cl.N. The van der Waals surface area contributed by atoms with E-state index < -0.39 is 0 Å². The quantitative estimate of drug-likeness (QED) is 0.674. The Kier molecular flexibility index (Phi) is 2.96. The Bertz CT molecular complexity index is 216. The van der Waals surface area contributed by atoms with Crippen LogP contribution in [0.25, 0.3) is 0 Å². The topological polar surface area (TPSA) is 61.0 Å². The molecule has 0 aromatic carbocycles. The summed E-state index contributed by atoms with van der Waals surface area (Å²) >= 11 is 0. The summed E-state index contributed by atoms with van der Waals surface area (Å²) in [6.07, 6.45) is 8.27. The van der Waals surface area contributed by atoms with Crippen LogP contribution in [-0.2, 0) is 0 Å². The van der Waals surface area contributed by atoms with Crippen molar-refractivity contribution in [3.8, 4) is 0 Å². The highest BCUT2D eigenvalue weighted by atomic mass is 35.5. The molecule has 5 N–H and O–H groups in total. The van der Waals surface area contributed by atoms with Gasteiger partial charge in [-0.3, -0.25) is 0 Å². The van der Waals surface area contributed by atoms with Crippen LogP contribution in [0.3, 0.4) is 0 Å². The molecule has 2 nitrogen and oxygen atoms in total. The largest absolute Gasteiger partial charge is 0.344 e. The second-order valence-electron chi connectivity index (χ2n) is 6.99. The molecule has 0 amide bonds. The van der Waals surface area contributed by atoms with Crippen molar-refractivity contribution in [3.05, 3.63) is 0 Å². The smallest absolute Gasteiger partial charge is 0.0167 e. The first-order chi connectivity index (χ1) is 5.91. The van der Waals surface area contributed by atoms with E-state index in [1.807, 2.05) is 0 Å². The van der Waals surface area contributed by atoms with Gasteiger partial charge < -0.3 is 11.9 Å². The van der Waals surface area contributed by atoms with E-state index in [0.29, 0.717) is 10.8 Å². The highest BCUT2D eigenvalue weighted by molar-refractivity contribution is 5.85. The second-order valence-corrected chi connectivity index (χ2v) is 6.99. The average molecular weight is 233 g/mol. The molecule has 4 aliphatic rings. The standard InChI is InChI=1S/C12H21N.ClH.H3N/c1-10-3-9-4-11(2,6-10)8-12(13,5-9)7-10;;/h9H,3-8,13H2,1-2H3;1H;1H3. The molecule has 0 heterocycles. The zero-order chi connectivity index (χ0) is 9.32. The molecule has 4 bridgehead atoms. The Morgan fingerprint density at radius 3 is 1.73 bits per heavy atom. The molecule has 2 atom stereocenters. The van der Waals surface area contributed by atoms with Gasteiger partial charge in [0, 0.05) is 5.54 Å². The van der Waals surface area contributed by atoms with Crippen molar-refractivity contribution in [2.45, 2.75) is 57.9 Å². The molecule has 0 aromatic heterocycles. The second kappa shape index (κ2) is 3.35. The van der Waals surface area contributed by atoms with E-state index in [9.17, 15) is 0 Å². The third kappa shape index (κ3) is 1.92. The van der Waals surface area contributed by atoms with Gasteiger partial charge in [0.2, 0.25) is 0 Å². The Morgan fingerprint density at radius 1 is 0.933 bits per heavy atom. The molecular weight excluding hydrogens is 208 g/mol. The van der Waals surface area contributed by atoms with E-state index in [0.717, 1.165) is 5.92 Å². The number of hydrogen-bond acceptors (Lipinski definition) is 2. The number of halogens is 1. The number of rotatable bonds is 0. The van der Waals surface area contributed by atoms with Crippen LogP contribution in [0, 0.1) is 16.7 Å². The summed E-state index contributed by atoms with van der Waals surface area (Å²) in [6.45, 7) is 4.94. The van der Waals surface area contributed by atoms with Gasteiger partial charge in [-0.05, 0) is 55.3 Å². The van der Waals surface area contributed by atoms with Crippen LogP contribution in [0.5, 0.6) is 0 Å². The lowest BCUT2D eigenvalue weighted by Crippen LogP contribution is -2.62. The van der Waals surface area contributed by atoms with Crippen LogP contribution in [0.4, 0.5) is 0 Å². The zero-order valence-corrected chi connectivity index (χ0v) is 10.8. The van der Waals surface area contributed by atoms with Crippen molar-refractivity contribution in [1.29, 1.82) is 0 Å². The third-order valence-corrected chi connectivity index (χ3v) is 4.67. The third-order valence-electron chi connectivity index (χ3n) is 4.67. The first kappa shape index (κ1) is 13.3. The van der Waals surface area contributed by atoms with Gasteiger partial charge in [0.25, 0.3) is 0 Å². The van der Waals surface area contributed by atoms with Gasteiger partial charge in [-0.15, -0.1) is 12.4 Å². The molecule has 0 spiro atoms. The normalized spacial score (nSPS) is 55.8. The molecule has 0 saturated heterocycles. The first-order valence-electron chi connectivity index (χ1n) is 5.70. The zero-order valence-electron chi connectivity index (χ0n) is 10.0. The van der Waals surface area contributed by atoms with Crippen LogP contribution < -0.4 is 11.9 Å². The Morgan fingerprint density at radius 2 is 1.40 bits per heavy atom. The Hall–Kier alpha value is 0.210. The monoisotopic (exact) mass is 232 g/mol. The van der Waals surface area contributed by atoms with E-state index in [2.05, 4.69) is 13.8 Å². The molecule has 2 unspecified atom stereocenters. The summed E-state index contributed by atoms with van der Waals surface area (Å²) in [4.78, 5) is 0. The van der Waals surface area contributed by atoms with Gasteiger partial charge in [-0.25, -0.2) is 0 Å². The predicted octanol–water partition coefficient (Wildman–Crippen LogP) is 3.28. The lowest BCUT2D eigenvalue weighted by atomic mass is 9.43. The summed E-state index contributed by atoms with van der Waals surface area (Å²) in [5.74, 6) is 0.955. The fraction of sp³-hybridized carbons (Fsp3) is 1.00. The number of hydrogen-bond donors (Lipinski definition) is 2. The molecule has 4 fully saturated rings. The van der Waals surface area contributed by atoms with Gasteiger partial charge in [-0.1, -0.05) is 13.8 Å². The summed E-state index contributed by atoms with van der Waals surface area (Å²) in [5, 5.41) is 0. The summed E-state index contributed by atoms with van der Waals surface area (Å²) in [7, 11) is 0. The van der Waals surface area contributed by atoms with Gasteiger partial charge in [0.1, 0.15) is 0 Å². The Balaban J connectivity index is 0.000000562. The Labute approximate surface area is 99.4 Å². The lowest BCUT2D eigenvalue weighted by Gasteiger charge is -2.64. The summed E-state index contributed by atoms with van der Waals surface area (Å²) in [5.41, 5.74) is 7.92. The van der Waals surface area contributed by atoms with Crippen LogP contribution in [0.2, 0.25) is 0 Å². The maximum atomic E-state index is 6.49. The van der Waals surface area contributed by atoms with Gasteiger partial charge >= 0.3 is 0 Å². The van der Waals surface area contributed by atoms with E-state index in [1.165, 1.54) is 38.5 Å². The van der Waals surface area contributed by atoms with Gasteiger partial charge in [-0.2, -0.15) is 0 Å². The molecule has 0 aliphatic heterocycles. The molecule has 4 saturated carbocycles. The highest BCUT2D eigenvalue weighted by Gasteiger charge is 2.58. The van der Waals surface area contributed by atoms with E-state index in [1.54, 1.807) is 0 Å². The molecular formula is C12H25ClN2. The fourth-order valence-electron chi connectivity index (χ4n) is 5.54. The van der Waals surface area contributed by atoms with E-state index in [-0.39, 0.29) is 24.1 Å². The van der Waals surface area contributed by atoms with Crippen molar-refractivity contribution in [2.75, 3.05) is 0 Å². The molecule has 0 aromatic rings. The minimum atomic E-state index is 0.